The van der Waals surface area contributed by atoms with E-state index in [1.54, 1.807) is 24.5 Å². The Morgan fingerprint density at radius 1 is 1.13 bits per heavy atom. The lowest BCUT2D eigenvalue weighted by molar-refractivity contribution is -0.137. The standard InChI is InChI=1S/C21H19F3N6/c1-29-13-27-28-20(29)14-6-9-30(10-7-14)19-15(11-25)3-2-4-16(19)17-12-26-8-5-18(17)21(22,23)24/h2-5,8,12-14H,6-7,9-10H2,1H3. The van der Waals surface area contributed by atoms with Gasteiger partial charge in [0.15, 0.2) is 0 Å². The molecule has 1 aromatic carbocycles. The van der Waals surface area contributed by atoms with Crippen molar-refractivity contribution in [1.29, 1.82) is 5.26 Å². The van der Waals surface area contributed by atoms with Gasteiger partial charge in [-0.1, -0.05) is 12.1 Å². The van der Waals surface area contributed by atoms with Gasteiger partial charge in [-0.15, -0.1) is 10.2 Å². The summed E-state index contributed by atoms with van der Waals surface area (Å²) in [6.07, 6.45) is 1.03. The van der Waals surface area contributed by atoms with E-state index in [0.717, 1.165) is 30.9 Å². The van der Waals surface area contributed by atoms with Crippen molar-refractivity contribution >= 4 is 5.69 Å². The molecule has 1 aliphatic rings. The van der Waals surface area contributed by atoms with Crippen molar-refractivity contribution in [1.82, 2.24) is 19.7 Å². The van der Waals surface area contributed by atoms with Crippen LogP contribution in [0.25, 0.3) is 11.1 Å². The number of pyridine rings is 1. The first-order valence-corrected chi connectivity index (χ1v) is 9.53. The number of nitriles is 1. The van der Waals surface area contributed by atoms with Gasteiger partial charge in [-0.2, -0.15) is 18.4 Å². The van der Waals surface area contributed by atoms with Crippen molar-refractivity contribution in [2.24, 2.45) is 7.05 Å². The molecule has 0 amide bonds. The van der Waals surface area contributed by atoms with E-state index in [2.05, 4.69) is 21.3 Å². The quantitative estimate of drug-likeness (QED) is 0.646. The van der Waals surface area contributed by atoms with Crippen LogP contribution in [-0.4, -0.2) is 32.8 Å². The molecule has 0 saturated carbocycles. The number of benzene rings is 1. The average Bonchev–Trinajstić information content (AvgIpc) is 3.18. The number of halogens is 3. The molecule has 0 atom stereocenters. The number of aromatic nitrogens is 4. The van der Waals surface area contributed by atoms with Gasteiger partial charge in [0.1, 0.15) is 18.2 Å². The van der Waals surface area contributed by atoms with Crippen molar-refractivity contribution < 1.29 is 13.2 Å². The lowest BCUT2D eigenvalue weighted by atomic mass is 9.92. The minimum atomic E-state index is -4.52. The van der Waals surface area contributed by atoms with E-state index in [-0.39, 0.29) is 11.5 Å². The van der Waals surface area contributed by atoms with Crippen molar-refractivity contribution in [2.45, 2.75) is 24.9 Å². The van der Waals surface area contributed by atoms with Crippen LogP contribution in [0.4, 0.5) is 18.9 Å². The summed E-state index contributed by atoms with van der Waals surface area (Å²) in [6.45, 7) is 1.20. The summed E-state index contributed by atoms with van der Waals surface area (Å²) in [7, 11) is 1.89. The van der Waals surface area contributed by atoms with Crippen LogP contribution in [0.2, 0.25) is 0 Å². The smallest absolute Gasteiger partial charge is 0.370 e. The third-order valence-corrected chi connectivity index (χ3v) is 5.50. The summed E-state index contributed by atoms with van der Waals surface area (Å²) in [5.74, 6) is 1.12. The lowest BCUT2D eigenvalue weighted by Crippen LogP contribution is -2.34. The van der Waals surface area contributed by atoms with Crippen LogP contribution >= 0.6 is 0 Å². The predicted octanol–water partition coefficient (Wildman–Crippen LogP) is 4.15. The van der Waals surface area contributed by atoms with Gasteiger partial charge in [-0.3, -0.25) is 4.98 Å². The summed E-state index contributed by atoms with van der Waals surface area (Å²) in [5.41, 5.74) is 0.457. The molecule has 0 aliphatic carbocycles. The van der Waals surface area contributed by atoms with Gasteiger partial charge >= 0.3 is 6.18 Å². The topological polar surface area (TPSA) is 70.6 Å². The molecule has 1 fully saturated rings. The minimum Gasteiger partial charge on any atom is -0.370 e. The van der Waals surface area contributed by atoms with Crippen molar-refractivity contribution in [3.63, 3.8) is 0 Å². The molecule has 3 aromatic rings. The van der Waals surface area contributed by atoms with Crippen LogP contribution in [0.1, 0.15) is 35.7 Å². The molecule has 0 radical (unpaired) electrons. The van der Waals surface area contributed by atoms with Crippen LogP contribution in [0.3, 0.4) is 0 Å². The van der Waals surface area contributed by atoms with Crippen molar-refractivity contribution in [3.05, 3.63) is 59.9 Å². The SMILES string of the molecule is Cn1cnnc1C1CCN(c2c(C#N)cccc2-c2cnccc2C(F)(F)F)CC1. The van der Waals surface area contributed by atoms with E-state index in [4.69, 9.17) is 0 Å². The zero-order chi connectivity index (χ0) is 21.3. The van der Waals surface area contributed by atoms with Crippen LogP contribution in [0, 0.1) is 11.3 Å². The fourth-order valence-corrected chi connectivity index (χ4v) is 4.07. The average molecular weight is 412 g/mol. The van der Waals surface area contributed by atoms with E-state index in [1.165, 1.54) is 6.20 Å². The molecule has 1 saturated heterocycles. The molecule has 9 heteroatoms. The number of para-hydroxylation sites is 1. The molecule has 0 unspecified atom stereocenters. The summed E-state index contributed by atoms with van der Waals surface area (Å²) in [4.78, 5) is 5.91. The second kappa shape index (κ2) is 7.78. The lowest BCUT2D eigenvalue weighted by Gasteiger charge is -2.35. The maximum absolute atomic E-state index is 13.6. The maximum atomic E-state index is 13.6. The fraction of sp³-hybridized carbons (Fsp3) is 0.333. The van der Waals surface area contributed by atoms with Crippen molar-refractivity contribution in [3.8, 4) is 17.2 Å². The number of nitrogens with zero attached hydrogens (tertiary/aromatic N) is 6. The van der Waals surface area contributed by atoms with Gasteiger partial charge in [0, 0.05) is 49.6 Å². The summed E-state index contributed by atoms with van der Waals surface area (Å²) in [6, 6.07) is 7.98. The maximum Gasteiger partial charge on any atom is 0.417 e. The van der Waals surface area contributed by atoms with E-state index in [0.29, 0.717) is 29.9 Å². The largest absolute Gasteiger partial charge is 0.417 e. The Hall–Kier alpha value is -3.41. The normalized spacial score (nSPS) is 15.2. The highest BCUT2D eigenvalue weighted by molar-refractivity contribution is 5.84. The molecular weight excluding hydrogens is 393 g/mol. The van der Waals surface area contributed by atoms with Crippen LogP contribution < -0.4 is 4.90 Å². The van der Waals surface area contributed by atoms with E-state index in [1.807, 2.05) is 16.5 Å². The van der Waals surface area contributed by atoms with Crippen LogP contribution in [0.5, 0.6) is 0 Å². The Morgan fingerprint density at radius 2 is 1.90 bits per heavy atom. The number of piperidine rings is 1. The van der Waals surface area contributed by atoms with Crippen LogP contribution in [-0.2, 0) is 13.2 Å². The Bertz CT molecular complexity index is 1090. The zero-order valence-electron chi connectivity index (χ0n) is 16.3. The first-order valence-electron chi connectivity index (χ1n) is 9.53. The Morgan fingerprint density at radius 3 is 2.53 bits per heavy atom. The van der Waals surface area contributed by atoms with Crippen molar-refractivity contribution in [2.75, 3.05) is 18.0 Å². The number of rotatable bonds is 3. The summed E-state index contributed by atoms with van der Waals surface area (Å²) < 4.78 is 42.7. The number of anilines is 1. The van der Waals surface area contributed by atoms with Gasteiger partial charge in [-0.25, -0.2) is 0 Å². The number of hydrogen-bond donors (Lipinski definition) is 0. The molecule has 4 rings (SSSR count). The molecule has 1 aliphatic heterocycles. The first kappa shape index (κ1) is 19.9. The second-order valence-corrected chi connectivity index (χ2v) is 7.29. The minimum absolute atomic E-state index is 0.0208. The monoisotopic (exact) mass is 412 g/mol. The fourth-order valence-electron chi connectivity index (χ4n) is 4.07. The zero-order valence-corrected chi connectivity index (χ0v) is 16.3. The molecule has 0 N–H and O–H groups in total. The van der Waals surface area contributed by atoms with Gasteiger partial charge in [-0.05, 0) is 25.0 Å². The van der Waals surface area contributed by atoms with E-state index in [9.17, 15) is 18.4 Å². The third-order valence-electron chi connectivity index (χ3n) is 5.50. The molecular formula is C21H19F3N6. The highest BCUT2D eigenvalue weighted by Gasteiger charge is 2.35. The molecule has 0 bridgehead atoms. The highest BCUT2D eigenvalue weighted by atomic mass is 19.4. The molecule has 2 aromatic heterocycles. The van der Waals surface area contributed by atoms with E-state index >= 15 is 0 Å². The van der Waals surface area contributed by atoms with Gasteiger partial charge in [0.25, 0.3) is 0 Å². The highest BCUT2D eigenvalue weighted by Crippen LogP contribution is 2.42. The first-order chi connectivity index (χ1) is 14.4. The summed E-state index contributed by atoms with van der Waals surface area (Å²) in [5, 5.41) is 17.8. The van der Waals surface area contributed by atoms with E-state index < -0.39 is 11.7 Å². The molecule has 154 valence electrons. The van der Waals surface area contributed by atoms with Gasteiger partial charge < -0.3 is 9.47 Å². The second-order valence-electron chi connectivity index (χ2n) is 7.29. The number of hydrogen-bond acceptors (Lipinski definition) is 5. The van der Waals surface area contributed by atoms with Gasteiger partial charge in [0.2, 0.25) is 0 Å². The van der Waals surface area contributed by atoms with Crippen LogP contribution in [0.15, 0.2) is 43.0 Å². The molecule has 30 heavy (non-hydrogen) atoms. The number of aryl methyl sites for hydroxylation is 1. The molecule has 0 spiro atoms. The predicted molar refractivity (Wildman–Crippen MR) is 105 cm³/mol. The summed E-state index contributed by atoms with van der Waals surface area (Å²) >= 11 is 0. The van der Waals surface area contributed by atoms with Gasteiger partial charge in [0.05, 0.1) is 16.8 Å². The number of alkyl halides is 3. The Labute approximate surface area is 171 Å². The third kappa shape index (κ3) is 3.61. The molecule has 3 heterocycles. The Kier molecular flexibility index (Phi) is 5.16. The molecule has 6 nitrogen and oxygen atoms in total. The Balaban J connectivity index is 1.72.